The second-order valence-electron chi connectivity index (χ2n) is 3.39. The van der Waals surface area contributed by atoms with Gasteiger partial charge in [-0.2, -0.15) is 0 Å². The zero-order valence-corrected chi connectivity index (χ0v) is 9.66. The third-order valence-corrected chi connectivity index (χ3v) is 2.65. The van der Waals surface area contributed by atoms with E-state index in [4.69, 9.17) is 29.6 Å². The molecule has 2 heterocycles. The molecular formula is C10H7Cl2N3O. The van der Waals surface area contributed by atoms with E-state index in [0.717, 1.165) is 0 Å². The molecule has 0 N–H and O–H groups in total. The molecule has 1 aliphatic heterocycles. The largest absolute Gasteiger partial charge is 0.295 e. The lowest BCUT2D eigenvalue weighted by Gasteiger charge is -2.14. The van der Waals surface area contributed by atoms with Gasteiger partial charge in [-0.15, -0.1) is 12.3 Å². The van der Waals surface area contributed by atoms with E-state index in [1.165, 1.54) is 11.0 Å². The van der Waals surface area contributed by atoms with Crippen LogP contribution in [0, 0.1) is 18.3 Å². The number of hydrogen-bond donors (Lipinski definition) is 0. The molecule has 1 fully saturated rings. The maximum Gasteiger partial charge on any atom is 0.229 e. The summed E-state index contributed by atoms with van der Waals surface area (Å²) in [6.45, 7) is 0.443. The first-order valence-corrected chi connectivity index (χ1v) is 5.32. The molecule has 2 rings (SSSR count). The fourth-order valence-electron chi connectivity index (χ4n) is 1.56. The van der Waals surface area contributed by atoms with Gasteiger partial charge in [0.05, 0.1) is 0 Å². The Kier molecular flexibility index (Phi) is 2.99. The quantitative estimate of drug-likeness (QED) is 0.437. The molecule has 1 amide bonds. The molecular weight excluding hydrogens is 249 g/mol. The molecule has 1 aliphatic rings. The molecule has 82 valence electrons. The molecule has 1 unspecified atom stereocenters. The van der Waals surface area contributed by atoms with Crippen LogP contribution in [0.2, 0.25) is 10.4 Å². The minimum absolute atomic E-state index is 0.0134. The van der Waals surface area contributed by atoms with Gasteiger partial charge in [0.1, 0.15) is 11.0 Å². The van der Waals surface area contributed by atoms with Crippen molar-refractivity contribution < 1.29 is 4.79 Å². The lowest BCUT2D eigenvalue weighted by molar-refractivity contribution is -0.117. The topological polar surface area (TPSA) is 46.1 Å². The van der Waals surface area contributed by atoms with Crippen LogP contribution in [0.15, 0.2) is 6.07 Å². The van der Waals surface area contributed by atoms with Crippen LogP contribution in [0.3, 0.4) is 0 Å². The van der Waals surface area contributed by atoms with E-state index in [9.17, 15) is 4.79 Å². The fourth-order valence-corrected chi connectivity index (χ4v) is 1.96. The predicted octanol–water partition coefficient (Wildman–Crippen LogP) is 1.77. The smallest absolute Gasteiger partial charge is 0.229 e. The average Bonchev–Trinajstić information content (AvgIpc) is 2.58. The third kappa shape index (κ3) is 2.11. The number of amides is 1. The van der Waals surface area contributed by atoms with Gasteiger partial charge in [0.15, 0.2) is 0 Å². The van der Waals surface area contributed by atoms with Crippen LogP contribution < -0.4 is 4.90 Å². The Morgan fingerprint density at radius 2 is 2.25 bits per heavy atom. The Balaban J connectivity index is 2.32. The monoisotopic (exact) mass is 255 g/mol. The second kappa shape index (κ2) is 4.28. The van der Waals surface area contributed by atoms with Gasteiger partial charge in [-0.05, 0) is 11.6 Å². The van der Waals surface area contributed by atoms with E-state index in [0.29, 0.717) is 18.8 Å². The summed E-state index contributed by atoms with van der Waals surface area (Å²) in [6.07, 6.45) is 5.61. The molecule has 0 saturated carbocycles. The number of nitrogens with zero attached hydrogens (tertiary/aromatic N) is 3. The predicted molar refractivity (Wildman–Crippen MR) is 61.3 cm³/mol. The summed E-state index contributed by atoms with van der Waals surface area (Å²) in [5, 5.41) is 0.214. The Bertz CT molecular complexity index is 463. The van der Waals surface area contributed by atoms with Crippen LogP contribution in [0.1, 0.15) is 6.42 Å². The number of terminal acetylenes is 1. The molecule has 1 saturated heterocycles. The molecule has 0 aromatic carbocycles. The lowest BCUT2D eigenvalue weighted by Crippen LogP contribution is -2.25. The van der Waals surface area contributed by atoms with Gasteiger partial charge in [0.2, 0.25) is 11.2 Å². The van der Waals surface area contributed by atoms with E-state index in [1.54, 1.807) is 0 Å². The normalized spacial score (nSPS) is 19.9. The Hall–Kier alpha value is -1.31. The van der Waals surface area contributed by atoms with E-state index in [2.05, 4.69) is 15.9 Å². The van der Waals surface area contributed by atoms with Gasteiger partial charge in [-0.3, -0.25) is 9.69 Å². The first kappa shape index (κ1) is 11.2. The van der Waals surface area contributed by atoms with Gasteiger partial charge in [-0.25, -0.2) is 9.97 Å². The molecule has 0 bridgehead atoms. The highest BCUT2D eigenvalue weighted by atomic mass is 35.5. The van der Waals surface area contributed by atoms with Crippen molar-refractivity contribution in [2.75, 3.05) is 11.4 Å². The van der Waals surface area contributed by atoms with E-state index in [-0.39, 0.29) is 22.3 Å². The van der Waals surface area contributed by atoms with Crippen LogP contribution in [0.25, 0.3) is 0 Å². The van der Waals surface area contributed by atoms with Gasteiger partial charge >= 0.3 is 0 Å². The molecule has 0 spiro atoms. The highest BCUT2D eigenvalue weighted by molar-refractivity contribution is 6.32. The summed E-state index contributed by atoms with van der Waals surface area (Å²) in [5.74, 6) is 2.79. The number of rotatable bonds is 1. The van der Waals surface area contributed by atoms with Crippen molar-refractivity contribution in [1.82, 2.24) is 9.97 Å². The SMILES string of the molecule is C#CC1CC(=O)N(c2cc(Cl)nc(Cl)n2)C1. The second-order valence-corrected chi connectivity index (χ2v) is 4.12. The molecule has 1 atom stereocenters. The minimum Gasteiger partial charge on any atom is -0.295 e. The van der Waals surface area contributed by atoms with Gasteiger partial charge in [-0.1, -0.05) is 11.6 Å². The summed E-state index contributed by atoms with van der Waals surface area (Å²) in [7, 11) is 0. The summed E-state index contributed by atoms with van der Waals surface area (Å²) in [6, 6.07) is 1.49. The Morgan fingerprint density at radius 1 is 1.50 bits per heavy atom. The molecule has 16 heavy (non-hydrogen) atoms. The first-order valence-electron chi connectivity index (χ1n) is 4.56. The molecule has 1 aromatic rings. The van der Waals surface area contributed by atoms with Crippen molar-refractivity contribution in [2.45, 2.75) is 6.42 Å². The van der Waals surface area contributed by atoms with Gasteiger partial charge in [0, 0.05) is 24.9 Å². The minimum atomic E-state index is -0.0833. The molecule has 6 heteroatoms. The molecule has 4 nitrogen and oxygen atoms in total. The number of halogens is 2. The van der Waals surface area contributed by atoms with Crippen molar-refractivity contribution >= 4 is 34.9 Å². The van der Waals surface area contributed by atoms with Crippen molar-refractivity contribution in [1.29, 1.82) is 0 Å². The van der Waals surface area contributed by atoms with E-state index < -0.39 is 0 Å². The highest BCUT2D eigenvalue weighted by Crippen LogP contribution is 2.25. The lowest BCUT2D eigenvalue weighted by atomic mass is 10.1. The maximum absolute atomic E-state index is 11.7. The molecule has 0 radical (unpaired) electrons. The van der Waals surface area contributed by atoms with Crippen LogP contribution in [0.5, 0.6) is 0 Å². The van der Waals surface area contributed by atoms with Crippen LogP contribution >= 0.6 is 23.2 Å². The Morgan fingerprint density at radius 3 is 2.81 bits per heavy atom. The van der Waals surface area contributed by atoms with Crippen LogP contribution in [-0.2, 0) is 4.79 Å². The molecule has 1 aromatic heterocycles. The van der Waals surface area contributed by atoms with E-state index >= 15 is 0 Å². The number of aromatic nitrogens is 2. The number of carbonyl (C=O) groups excluding carboxylic acids is 1. The Labute approximate surface area is 103 Å². The summed E-state index contributed by atoms with van der Waals surface area (Å²) in [4.78, 5) is 20.8. The zero-order valence-electron chi connectivity index (χ0n) is 8.15. The van der Waals surface area contributed by atoms with Crippen molar-refractivity contribution in [2.24, 2.45) is 5.92 Å². The standard InChI is InChI=1S/C10H7Cl2N3O/c1-2-6-3-9(16)15(5-6)8-4-7(11)13-10(12)14-8/h1,4,6H,3,5H2. The summed E-state index contributed by atoms with van der Waals surface area (Å²) >= 11 is 11.4. The zero-order chi connectivity index (χ0) is 11.7. The fraction of sp³-hybridized carbons (Fsp3) is 0.300. The van der Waals surface area contributed by atoms with Crippen LogP contribution in [0.4, 0.5) is 5.82 Å². The van der Waals surface area contributed by atoms with Crippen molar-refractivity contribution in [3.8, 4) is 12.3 Å². The van der Waals surface area contributed by atoms with Gasteiger partial charge < -0.3 is 0 Å². The van der Waals surface area contributed by atoms with Crippen LogP contribution in [-0.4, -0.2) is 22.4 Å². The van der Waals surface area contributed by atoms with Gasteiger partial charge in [0.25, 0.3) is 0 Å². The third-order valence-electron chi connectivity index (χ3n) is 2.29. The average molecular weight is 256 g/mol. The number of anilines is 1. The maximum atomic E-state index is 11.7. The first-order chi connectivity index (χ1) is 7.60. The summed E-state index contributed by atoms with van der Waals surface area (Å²) in [5.41, 5.74) is 0. The van der Waals surface area contributed by atoms with Crippen molar-refractivity contribution in [3.63, 3.8) is 0 Å². The van der Waals surface area contributed by atoms with Crippen molar-refractivity contribution in [3.05, 3.63) is 16.5 Å². The highest BCUT2D eigenvalue weighted by Gasteiger charge is 2.30. The number of hydrogen-bond acceptors (Lipinski definition) is 3. The molecule has 0 aliphatic carbocycles. The van der Waals surface area contributed by atoms with E-state index in [1.807, 2.05) is 0 Å². The number of carbonyl (C=O) groups is 1. The summed E-state index contributed by atoms with van der Waals surface area (Å²) < 4.78 is 0.